The summed E-state index contributed by atoms with van der Waals surface area (Å²) in [5, 5.41) is 4.79. The fraction of sp³-hybridized carbons (Fsp3) is 0.267. The normalized spacial score (nSPS) is 20.7. The predicted molar refractivity (Wildman–Crippen MR) is 149 cm³/mol. The van der Waals surface area contributed by atoms with Gasteiger partial charge in [0.15, 0.2) is 11.4 Å². The van der Waals surface area contributed by atoms with Crippen LogP contribution in [0.25, 0.3) is 44.3 Å². The van der Waals surface area contributed by atoms with Crippen molar-refractivity contribution in [1.29, 1.82) is 0 Å². The lowest BCUT2D eigenvalue weighted by molar-refractivity contribution is 0.0976. The molecule has 0 unspecified atom stereocenters. The van der Waals surface area contributed by atoms with E-state index in [9.17, 15) is 9.59 Å². The van der Waals surface area contributed by atoms with Gasteiger partial charge in [-0.15, -0.1) is 0 Å². The lowest BCUT2D eigenvalue weighted by atomic mass is 9.83. The Morgan fingerprint density at radius 2 is 1.89 bits per heavy atom. The second-order valence-electron chi connectivity index (χ2n) is 10.5. The van der Waals surface area contributed by atoms with Crippen molar-refractivity contribution in [3.8, 4) is 22.3 Å². The van der Waals surface area contributed by atoms with E-state index in [1.54, 1.807) is 19.4 Å². The number of anilines is 1. The van der Waals surface area contributed by atoms with Gasteiger partial charge in [-0.05, 0) is 74.2 Å². The number of ketones is 1. The van der Waals surface area contributed by atoms with Gasteiger partial charge in [-0.1, -0.05) is 24.3 Å². The molecule has 0 spiro atoms. The summed E-state index contributed by atoms with van der Waals surface area (Å²) in [5.74, 6) is 0.604. The summed E-state index contributed by atoms with van der Waals surface area (Å²) in [5.41, 5.74) is 6.72. The second kappa shape index (κ2) is 8.92. The molecule has 2 bridgehead atoms. The first-order chi connectivity index (χ1) is 18.5. The molecule has 3 saturated heterocycles. The van der Waals surface area contributed by atoms with Gasteiger partial charge in [-0.3, -0.25) is 9.59 Å². The number of fused-ring (bicyclic) bond motifs is 5. The van der Waals surface area contributed by atoms with Crippen LogP contribution in [0.2, 0.25) is 0 Å². The Labute approximate surface area is 219 Å². The Morgan fingerprint density at radius 3 is 2.68 bits per heavy atom. The van der Waals surface area contributed by atoms with E-state index in [0.717, 1.165) is 71.3 Å². The number of rotatable bonds is 5. The summed E-state index contributed by atoms with van der Waals surface area (Å²) in [6.07, 6.45) is 5.63. The maximum Gasteiger partial charge on any atom is 0.258 e. The van der Waals surface area contributed by atoms with Crippen LogP contribution in [0.4, 0.5) is 5.69 Å². The summed E-state index contributed by atoms with van der Waals surface area (Å²) in [7, 11) is 0. The van der Waals surface area contributed by atoms with Crippen molar-refractivity contribution in [2.75, 3.05) is 25.0 Å². The number of H-pyrrole nitrogens is 2. The molecule has 8 heteroatoms. The van der Waals surface area contributed by atoms with E-state index in [-0.39, 0.29) is 17.4 Å². The summed E-state index contributed by atoms with van der Waals surface area (Å²) >= 11 is 0. The molecule has 0 amide bonds. The smallest absolute Gasteiger partial charge is 0.258 e. The van der Waals surface area contributed by atoms with Crippen molar-refractivity contribution < 1.29 is 4.79 Å². The Hall–Kier alpha value is -4.30. The van der Waals surface area contributed by atoms with Gasteiger partial charge in [0.05, 0.1) is 28.6 Å². The molecule has 3 aliphatic rings. The molecule has 3 fully saturated rings. The van der Waals surface area contributed by atoms with E-state index in [0.29, 0.717) is 22.7 Å². The molecule has 8 nitrogen and oxygen atoms in total. The van der Waals surface area contributed by atoms with Gasteiger partial charge in [-0.2, -0.15) is 0 Å². The predicted octanol–water partition coefficient (Wildman–Crippen LogP) is 4.84. The zero-order valence-electron chi connectivity index (χ0n) is 21.1. The van der Waals surface area contributed by atoms with Crippen LogP contribution in [-0.4, -0.2) is 56.3 Å². The van der Waals surface area contributed by atoms with Crippen LogP contribution < -0.4 is 10.9 Å². The van der Waals surface area contributed by atoms with Gasteiger partial charge >= 0.3 is 0 Å². The van der Waals surface area contributed by atoms with E-state index < -0.39 is 0 Å². The topological polar surface area (TPSA) is 107 Å². The van der Waals surface area contributed by atoms with Crippen molar-refractivity contribution in [3.05, 3.63) is 77.0 Å². The molecule has 0 aliphatic carbocycles. The fourth-order valence-electron chi connectivity index (χ4n) is 6.17. The first-order valence-electron chi connectivity index (χ1n) is 13.1. The van der Waals surface area contributed by atoms with Crippen molar-refractivity contribution in [3.63, 3.8) is 0 Å². The zero-order chi connectivity index (χ0) is 25.8. The maximum absolute atomic E-state index is 13.7. The third kappa shape index (κ3) is 3.80. The average Bonchev–Trinajstić information content (AvgIpc) is 3.43. The largest absolute Gasteiger partial charge is 0.380 e. The quantitative estimate of drug-likeness (QED) is 0.296. The van der Waals surface area contributed by atoms with Gasteiger partial charge in [0.1, 0.15) is 0 Å². The van der Waals surface area contributed by atoms with Crippen LogP contribution in [0.5, 0.6) is 0 Å². The molecule has 0 saturated carbocycles. The SMILES string of the molecule is CC(=O)c1cccc(-c2ccc3[nH]c(=O)c(-c4ccnc5nc[nH]c45)c(N[C@H]4CN5CCC4CC5)c3c2)c1. The molecule has 0 radical (unpaired) electrons. The molecule has 6 heterocycles. The van der Waals surface area contributed by atoms with Crippen LogP contribution in [-0.2, 0) is 0 Å². The highest BCUT2D eigenvalue weighted by Gasteiger charge is 2.35. The van der Waals surface area contributed by atoms with Crippen molar-refractivity contribution in [2.24, 2.45) is 5.92 Å². The van der Waals surface area contributed by atoms with E-state index >= 15 is 0 Å². The minimum absolute atomic E-state index is 0.0326. The summed E-state index contributed by atoms with van der Waals surface area (Å²) < 4.78 is 0. The van der Waals surface area contributed by atoms with Gasteiger partial charge < -0.3 is 20.2 Å². The van der Waals surface area contributed by atoms with Crippen molar-refractivity contribution in [2.45, 2.75) is 25.8 Å². The van der Waals surface area contributed by atoms with Crippen LogP contribution in [0.15, 0.2) is 65.8 Å². The number of carbonyl (C=O) groups excluding carboxylic acids is 1. The van der Waals surface area contributed by atoms with E-state index in [1.807, 2.05) is 42.5 Å². The number of nitrogens with zero attached hydrogens (tertiary/aromatic N) is 3. The highest BCUT2D eigenvalue weighted by atomic mass is 16.1. The third-order valence-electron chi connectivity index (χ3n) is 8.20. The number of carbonyl (C=O) groups is 1. The Bertz CT molecular complexity index is 1760. The lowest BCUT2D eigenvalue weighted by Gasteiger charge is -2.45. The molecule has 1 atom stereocenters. The molecule has 2 aromatic carbocycles. The molecular formula is C30H28N6O2. The molecule has 190 valence electrons. The molecule has 3 aromatic heterocycles. The summed E-state index contributed by atoms with van der Waals surface area (Å²) in [4.78, 5) is 43.2. The highest BCUT2D eigenvalue weighted by Crippen LogP contribution is 2.38. The number of nitrogens with one attached hydrogen (secondary N) is 3. The van der Waals surface area contributed by atoms with Gasteiger partial charge in [0, 0.05) is 35.3 Å². The molecular weight excluding hydrogens is 476 g/mol. The fourth-order valence-corrected chi connectivity index (χ4v) is 6.17. The zero-order valence-corrected chi connectivity index (χ0v) is 21.1. The van der Waals surface area contributed by atoms with E-state index in [4.69, 9.17) is 0 Å². The number of benzene rings is 2. The maximum atomic E-state index is 13.7. The number of hydrogen-bond donors (Lipinski definition) is 3. The lowest BCUT2D eigenvalue weighted by Crippen LogP contribution is -2.53. The minimum atomic E-state index is -0.158. The monoisotopic (exact) mass is 504 g/mol. The number of hydrogen-bond acceptors (Lipinski definition) is 6. The number of aromatic amines is 2. The highest BCUT2D eigenvalue weighted by molar-refractivity contribution is 6.05. The third-order valence-corrected chi connectivity index (χ3v) is 8.20. The summed E-state index contributed by atoms with van der Waals surface area (Å²) in [6, 6.07) is 15.9. The average molecular weight is 505 g/mol. The van der Waals surface area contributed by atoms with Gasteiger partial charge in [0.25, 0.3) is 5.56 Å². The first-order valence-corrected chi connectivity index (χ1v) is 13.1. The van der Waals surface area contributed by atoms with Gasteiger partial charge in [0.2, 0.25) is 0 Å². The molecule has 3 N–H and O–H groups in total. The Balaban J connectivity index is 1.46. The van der Waals surface area contributed by atoms with Crippen molar-refractivity contribution >= 4 is 33.5 Å². The van der Waals surface area contributed by atoms with Crippen molar-refractivity contribution in [1.82, 2.24) is 24.8 Å². The number of pyridine rings is 2. The Morgan fingerprint density at radius 1 is 1.05 bits per heavy atom. The number of aromatic nitrogens is 4. The van der Waals surface area contributed by atoms with Gasteiger partial charge in [-0.25, -0.2) is 9.97 Å². The van der Waals surface area contributed by atoms with E-state index in [1.165, 1.54) is 0 Å². The number of piperidine rings is 3. The molecule has 38 heavy (non-hydrogen) atoms. The molecule has 3 aliphatic heterocycles. The summed E-state index contributed by atoms with van der Waals surface area (Å²) in [6.45, 7) is 4.83. The first kappa shape index (κ1) is 22.9. The standard InChI is InChI=1S/C30H28N6O2/c1-17(37)19-3-2-4-20(13-19)21-5-6-24-23(14-21)27(34-25-15-36-11-8-18(25)9-12-36)26(30(38)35-24)22-7-10-31-29-28(22)32-16-33-29/h2-7,10,13-14,16,18,25H,8-9,11-12,15H2,1H3,(H,31,32,33)(H2,34,35,38)/t25-/m0/s1. The van der Waals surface area contributed by atoms with E-state index in [2.05, 4.69) is 36.2 Å². The van der Waals surface area contributed by atoms with Crippen LogP contribution >= 0.6 is 0 Å². The van der Waals surface area contributed by atoms with Crippen LogP contribution in [0, 0.1) is 5.92 Å². The second-order valence-corrected chi connectivity index (χ2v) is 10.5. The van der Waals surface area contributed by atoms with Crippen LogP contribution in [0.3, 0.4) is 0 Å². The number of imidazole rings is 1. The number of Topliss-reactive ketones (excluding diaryl/α,β-unsaturated/α-hetero) is 1. The Kier molecular flexibility index (Phi) is 5.37. The van der Waals surface area contributed by atoms with Crippen LogP contribution in [0.1, 0.15) is 30.1 Å². The molecule has 8 rings (SSSR count). The molecule has 5 aromatic rings. The minimum Gasteiger partial charge on any atom is -0.380 e.